The van der Waals surface area contributed by atoms with Gasteiger partial charge in [0.1, 0.15) is 22.4 Å². The zero-order chi connectivity index (χ0) is 19.3. The van der Waals surface area contributed by atoms with E-state index in [1.54, 1.807) is 16.8 Å². The fourth-order valence-electron chi connectivity index (χ4n) is 3.93. The summed E-state index contributed by atoms with van der Waals surface area (Å²) in [5.41, 5.74) is 7.72. The molecule has 0 amide bonds. The van der Waals surface area contributed by atoms with Gasteiger partial charge in [-0.15, -0.1) is 0 Å². The maximum Gasteiger partial charge on any atom is 0.271 e. The summed E-state index contributed by atoms with van der Waals surface area (Å²) in [7, 11) is 0. The van der Waals surface area contributed by atoms with Gasteiger partial charge in [-0.05, 0) is 43.4 Å². The van der Waals surface area contributed by atoms with E-state index in [1.165, 1.54) is 0 Å². The van der Waals surface area contributed by atoms with Crippen molar-refractivity contribution in [1.82, 2.24) is 19.5 Å². The number of hydrogen-bond donors (Lipinski definition) is 2. The predicted molar refractivity (Wildman–Crippen MR) is 109 cm³/mol. The largest absolute Gasteiger partial charge is 0.337 e. The summed E-state index contributed by atoms with van der Waals surface area (Å²) in [6.07, 6.45) is 12.6. The molecule has 3 aromatic rings. The average molecular weight is 375 g/mol. The highest BCUT2D eigenvalue weighted by atomic mass is 16.1. The van der Waals surface area contributed by atoms with Crippen LogP contribution in [0.1, 0.15) is 49.4 Å². The van der Waals surface area contributed by atoms with Gasteiger partial charge < -0.3 is 10.7 Å². The van der Waals surface area contributed by atoms with Crippen LogP contribution in [0.4, 0.5) is 0 Å². The second-order valence-corrected chi connectivity index (χ2v) is 7.47. The molecule has 0 bridgehead atoms. The van der Waals surface area contributed by atoms with E-state index in [0.29, 0.717) is 17.7 Å². The van der Waals surface area contributed by atoms with Gasteiger partial charge in [0.05, 0.1) is 5.52 Å². The standard InChI is InChI=1S/C21H21N5O2/c22-10-12-9-15-17(23-11-12)18(27)16-19(24-15)25-20(13-5-4-6-13)26(21(16)28)14-7-2-1-3-8-14/h2,7-9,11,13H,1,3-6,10,22H2,(H,24,27). The quantitative estimate of drug-likeness (QED) is 0.684. The van der Waals surface area contributed by atoms with Gasteiger partial charge in [0, 0.05) is 24.4 Å². The Balaban J connectivity index is 1.87. The molecule has 3 heterocycles. The summed E-state index contributed by atoms with van der Waals surface area (Å²) < 4.78 is 1.64. The SMILES string of the molecule is NCc1cnc2c(=O)c3c(=O)n(C4=CCCC=C4)c(C4CCC4)nc3[nH]c2c1. The van der Waals surface area contributed by atoms with Crippen LogP contribution in [-0.4, -0.2) is 19.5 Å². The van der Waals surface area contributed by atoms with E-state index in [0.717, 1.165) is 49.2 Å². The highest BCUT2D eigenvalue weighted by molar-refractivity contribution is 5.88. The summed E-state index contributed by atoms with van der Waals surface area (Å²) >= 11 is 0. The minimum atomic E-state index is -0.390. The number of nitrogens with one attached hydrogen (secondary N) is 1. The summed E-state index contributed by atoms with van der Waals surface area (Å²) in [4.78, 5) is 38.7. The minimum absolute atomic E-state index is 0.0587. The molecule has 2 aliphatic rings. The third-order valence-corrected chi connectivity index (χ3v) is 5.69. The molecule has 1 saturated carbocycles. The van der Waals surface area contributed by atoms with Crippen molar-refractivity contribution in [1.29, 1.82) is 0 Å². The first kappa shape index (κ1) is 17.1. The molecule has 0 radical (unpaired) electrons. The lowest BCUT2D eigenvalue weighted by molar-refractivity contribution is 0.395. The van der Waals surface area contributed by atoms with E-state index in [-0.39, 0.29) is 27.8 Å². The Morgan fingerprint density at radius 3 is 2.79 bits per heavy atom. The van der Waals surface area contributed by atoms with Crippen LogP contribution in [0.15, 0.2) is 40.1 Å². The summed E-state index contributed by atoms with van der Waals surface area (Å²) in [5, 5.41) is 0.0587. The van der Waals surface area contributed by atoms with E-state index in [2.05, 4.69) is 16.0 Å². The van der Waals surface area contributed by atoms with Crippen LogP contribution in [-0.2, 0) is 6.54 Å². The normalized spacial score (nSPS) is 17.1. The molecule has 3 aromatic heterocycles. The number of pyridine rings is 2. The topological polar surface area (TPSA) is 107 Å². The summed E-state index contributed by atoms with van der Waals surface area (Å²) in [6, 6.07) is 1.80. The predicted octanol–water partition coefficient (Wildman–Crippen LogP) is 2.55. The lowest BCUT2D eigenvalue weighted by Crippen LogP contribution is -2.31. The second-order valence-electron chi connectivity index (χ2n) is 7.47. The number of nitrogens with zero attached hydrogens (tertiary/aromatic N) is 3. The Morgan fingerprint density at radius 2 is 2.11 bits per heavy atom. The number of aromatic amines is 1. The zero-order valence-electron chi connectivity index (χ0n) is 15.4. The van der Waals surface area contributed by atoms with Crippen LogP contribution in [0, 0.1) is 0 Å². The van der Waals surface area contributed by atoms with Gasteiger partial charge in [-0.2, -0.15) is 0 Å². The van der Waals surface area contributed by atoms with Crippen molar-refractivity contribution in [3.05, 3.63) is 62.5 Å². The summed E-state index contributed by atoms with van der Waals surface area (Å²) in [6.45, 7) is 0.325. The number of aromatic nitrogens is 4. The van der Waals surface area contributed by atoms with Crippen molar-refractivity contribution in [2.75, 3.05) is 0 Å². The van der Waals surface area contributed by atoms with Gasteiger partial charge in [-0.3, -0.25) is 19.1 Å². The maximum absolute atomic E-state index is 13.5. The Bertz CT molecular complexity index is 1280. The number of rotatable bonds is 3. The smallest absolute Gasteiger partial charge is 0.271 e. The van der Waals surface area contributed by atoms with Crippen molar-refractivity contribution >= 4 is 27.8 Å². The maximum atomic E-state index is 13.5. The molecule has 0 saturated heterocycles. The molecular weight excluding hydrogens is 354 g/mol. The van der Waals surface area contributed by atoms with Gasteiger partial charge in [0.15, 0.2) is 0 Å². The van der Waals surface area contributed by atoms with Gasteiger partial charge in [0.2, 0.25) is 5.43 Å². The first-order valence-corrected chi connectivity index (χ1v) is 9.72. The molecule has 0 aliphatic heterocycles. The fourth-order valence-corrected chi connectivity index (χ4v) is 3.93. The Labute approximate surface area is 160 Å². The lowest BCUT2D eigenvalue weighted by Gasteiger charge is -2.28. The Morgan fingerprint density at radius 1 is 1.25 bits per heavy atom. The highest BCUT2D eigenvalue weighted by Crippen LogP contribution is 2.36. The van der Waals surface area contributed by atoms with E-state index >= 15 is 0 Å². The fraction of sp³-hybridized carbons (Fsp3) is 0.333. The van der Waals surface area contributed by atoms with Crippen LogP contribution in [0.2, 0.25) is 0 Å². The third kappa shape index (κ3) is 2.54. The van der Waals surface area contributed by atoms with Gasteiger partial charge >= 0.3 is 0 Å². The molecule has 0 spiro atoms. The number of H-pyrrole nitrogens is 1. The molecule has 0 unspecified atom stereocenters. The van der Waals surface area contributed by atoms with Crippen LogP contribution in [0.5, 0.6) is 0 Å². The van der Waals surface area contributed by atoms with Gasteiger partial charge in [0.25, 0.3) is 5.56 Å². The van der Waals surface area contributed by atoms with Crippen molar-refractivity contribution in [2.45, 2.75) is 44.6 Å². The van der Waals surface area contributed by atoms with Crippen LogP contribution < -0.4 is 16.7 Å². The molecule has 28 heavy (non-hydrogen) atoms. The number of hydrogen-bond acceptors (Lipinski definition) is 5. The van der Waals surface area contributed by atoms with Crippen LogP contribution in [0.25, 0.3) is 27.8 Å². The third-order valence-electron chi connectivity index (χ3n) is 5.69. The zero-order valence-corrected chi connectivity index (χ0v) is 15.4. The molecule has 1 fully saturated rings. The highest BCUT2D eigenvalue weighted by Gasteiger charge is 2.28. The van der Waals surface area contributed by atoms with E-state index < -0.39 is 0 Å². The molecule has 2 aliphatic carbocycles. The van der Waals surface area contributed by atoms with Crippen LogP contribution >= 0.6 is 0 Å². The molecule has 7 heteroatoms. The summed E-state index contributed by atoms with van der Waals surface area (Å²) in [5.74, 6) is 0.973. The van der Waals surface area contributed by atoms with Crippen molar-refractivity contribution in [3.8, 4) is 0 Å². The average Bonchev–Trinajstić information content (AvgIpc) is 2.67. The van der Waals surface area contributed by atoms with Crippen molar-refractivity contribution in [3.63, 3.8) is 0 Å². The minimum Gasteiger partial charge on any atom is -0.337 e. The molecule has 142 valence electrons. The van der Waals surface area contributed by atoms with Crippen molar-refractivity contribution < 1.29 is 0 Å². The monoisotopic (exact) mass is 375 g/mol. The first-order valence-electron chi connectivity index (χ1n) is 9.72. The second kappa shape index (κ2) is 6.53. The number of fused-ring (bicyclic) bond motifs is 2. The molecule has 3 N–H and O–H groups in total. The Kier molecular flexibility index (Phi) is 3.98. The van der Waals surface area contributed by atoms with Gasteiger partial charge in [-0.25, -0.2) is 4.98 Å². The molecule has 0 atom stereocenters. The van der Waals surface area contributed by atoms with Crippen LogP contribution in [0.3, 0.4) is 0 Å². The first-order chi connectivity index (χ1) is 13.7. The number of allylic oxidation sites excluding steroid dienone is 4. The Hall–Kier alpha value is -3.06. The molecular formula is C21H21N5O2. The molecule has 0 aromatic carbocycles. The number of nitrogens with two attached hydrogens (primary N) is 1. The lowest BCUT2D eigenvalue weighted by atomic mass is 9.84. The molecule has 5 rings (SSSR count). The van der Waals surface area contributed by atoms with E-state index in [9.17, 15) is 9.59 Å². The molecule has 7 nitrogen and oxygen atoms in total. The van der Waals surface area contributed by atoms with Crippen molar-refractivity contribution in [2.24, 2.45) is 5.73 Å². The van der Waals surface area contributed by atoms with E-state index in [4.69, 9.17) is 10.7 Å². The van der Waals surface area contributed by atoms with Gasteiger partial charge in [-0.1, -0.05) is 18.6 Å². The van der Waals surface area contributed by atoms with E-state index in [1.807, 2.05) is 12.2 Å².